The lowest BCUT2D eigenvalue weighted by Crippen LogP contribution is -2.65. The topological polar surface area (TPSA) is 165 Å². The molecule has 10 heteroatoms. The highest BCUT2D eigenvalue weighted by Crippen LogP contribution is 2.53. The number of fused-ring (bicyclic) bond motifs is 3. The van der Waals surface area contributed by atoms with Crippen LogP contribution in [0.4, 0.5) is 0 Å². The van der Waals surface area contributed by atoms with Gasteiger partial charge in [0.2, 0.25) is 5.78 Å². The number of likely N-dealkylation sites (N-methyl/N-ethyl adjacent to an activating group) is 1. The van der Waals surface area contributed by atoms with Gasteiger partial charge in [0.1, 0.15) is 22.8 Å². The Balaban J connectivity index is 1.70. The summed E-state index contributed by atoms with van der Waals surface area (Å²) in [6.07, 6.45) is 0.276. The molecule has 1 saturated carbocycles. The molecule has 1 fully saturated rings. The predicted octanol–water partition coefficient (Wildman–Crippen LogP) is 1.69. The average molecular weight is 548 g/mol. The second kappa shape index (κ2) is 9.58. The number of phenolic OH excluding ortho intramolecular Hbond substituents is 1. The second-order valence-electron chi connectivity index (χ2n) is 11.4. The van der Waals surface area contributed by atoms with E-state index in [0.29, 0.717) is 12.1 Å². The van der Waals surface area contributed by atoms with E-state index in [2.05, 4.69) is 0 Å². The number of carbonyl (C=O) groups excluding carboxylic acids is 3. The van der Waals surface area contributed by atoms with E-state index in [4.69, 9.17) is 5.73 Å². The monoisotopic (exact) mass is 547 g/mol. The molecule has 0 radical (unpaired) electrons. The summed E-state index contributed by atoms with van der Waals surface area (Å²) >= 11 is 0. The van der Waals surface area contributed by atoms with Crippen LogP contribution in [0.1, 0.15) is 23.1 Å². The van der Waals surface area contributed by atoms with Crippen molar-refractivity contribution in [2.75, 3.05) is 28.2 Å². The van der Waals surface area contributed by atoms with Crippen molar-refractivity contribution < 1.29 is 34.8 Å². The van der Waals surface area contributed by atoms with Gasteiger partial charge in [-0.2, -0.15) is 0 Å². The largest absolute Gasteiger partial charge is 0.508 e. The van der Waals surface area contributed by atoms with Crippen molar-refractivity contribution in [1.29, 1.82) is 0 Å². The van der Waals surface area contributed by atoms with Gasteiger partial charge in [0, 0.05) is 18.0 Å². The van der Waals surface area contributed by atoms with Crippen LogP contribution in [0.2, 0.25) is 0 Å². The quantitative estimate of drug-likeness (QED) is 0.350. The molecular formula is C30H33N3O7. The summed E-state index contributed by atoms with van der Waals surface area (Å²) in [5, 5.41) is 45.0. The van der Waals surface area contributed by atoms with Crippen LogP contribution in [0.15, 0.2) is 53.3 Å². The molecular weight excluding hydrogens is 514 g/mol. The fourth-order valence-electron chi connectivity index (χ4n) is 6.72. The number of carbonyl (C=O) groups is 3. The average Bonchev–Trinajstić information content (AvgIpc) is 2.85. The van der Waals surface area contributed by atoms with Crippen LogP contribution in [0.5, 0.6) is 5.75 Å². The number of phenols is 1. The smallest absolute Gasteiger partial charge is 0.255 e. The van der Waals surface area contributed by atoms with E-state index in [1.54, 1.807) is 20.2 Å². The van der Waals surface area contributed by atoms with E-state index in [1.165, 1.54) is 11.0 Å². The van der Waals surface area contributed by atoms with Crippen molar-refractivity contribution in [3.8, 4) is 16.9 Å². The minimum absolute atomic E-state index is 0.0432. The number of primary amides is 1. The SMILES string of the molecule is CN(C)Cc1cccc(-c2ccc(O)c3c2CC2CC4[C@@H](N(C)C)C(=O)C(C(N)=O)=C(O)[C@@]4(O)C(=O)C2=C3O)c1. The Labute approximate surface area is 231 Å². The molecule has 5 rings (SSSR count). The van der Waals surface area contributed by atoms with Gasteiger partial charge in [-0.3, -0.25) is 19.3 Å². The van der Waals surface area contributed by atoms with Crippen molar-refractivity contribution in [3.05, 3.63) is 70.0 Å². The number of hydrogen-bond acceptors (Lipinski definition) is 9. The standard InChI is InChI=1S/C30H33N3O7/c1-32(2)13-14-6-5-7-15(10-14)17-8-9-20(34)22-18(17)11-16-12-19-24(33(3)4)26(36)23(29(31)39)28(38)30(19,40)27(37)21(16)25(22)35/h5-10,16,19,24,34-35,38,40H,11-13H2,1-4H3,(H2,31,39)/t16?,19?,24-,30+/m1/s1. The fraction of sp³-hybridized carbons (Fsp3) is 0.367. The maximum Gasteiger partial charge on any atom is 0.255 e. The van der Waals surface area contributed by atoms with Gasteiger partial charge in [-0.25, -0.2) is 0 Å². The number of nitrogens with zero attached hydrogens (tertiary/aromatic N) is 2. The van der Waals surface area contributed by atoms with Gasteiger partial charge in [0.15, 0.2) is 11.4 Å². The Hall–Kier alpha value is -3.99. The van der Waals surface area contributed by atoms with Crippen LogP contribution in [-0.4, -0.2) is 87.5 Å². The van der Waals surface area contributed by atoms with E-state index in [9.17, 15) is 34.8 Å². The molecule has 0 aromatic heterocycles. The van der Waals surface area contributed by atoms with Crippen LogP contribution < -0.4 is 5.73 Å². The highest BCUT2D eigenvalue weighted by Gasteiger charge is 2.64. The number of rotatable bonds is 5. The van der Waals surface area contributed by atoms with Gasteiger partial charge in [-0.15, -0.1) is 0 Å². The first-order valence-electron chi connectivity index (χ1n) is 13.0. The van der Waals surface area contributed by atoms with Gasteiger partial charge in [-0.05, 0) is 81.3 Å². The third-order valence-corrected chi connectivity index (χ3v) is 8.34. The molecule has 2 unspecified atom stereocenters. The number of nitrogens with two attached hydrogens (primary N) is 1. The number of aliphatic hydroxyl groups excluding tert-OH is 2. The molecule has 1 amide bonds. The molecule has 210 valence electrons. The lowest BCUT2D eigenvalue weighted by atomic mass is 9.57. The molecule has 0 bridgehead atoms. The summed E-state index contributed by atoms with van der Waals surface area (Å²) in [6.45, 7) is 0.713. The minimum Gasteiger partial charge on any atom is -0.508 e. The first-order valence-corrected chi connectivity index (χ1v) is 13.0. The zero-order valence-electron chi connectivity index (χ0n) is 22.8. The summed E-state index contributed by atoms with van der Waals surface area (Å²) in [6, 6.07) is 9.99. The number of aromatic hydroxyl groups is 1. The Kier molecular flexibility index (Phi) is 6.60. The summed E-state index contributed by atoms with van der Waals surface area (Å²) in [5.74, 6) is -6.64. The summed E-state index contributed by atoms with van der Waals surface area (Å²) < 4.78 is 0. The number of benzene rings is 2. The fourth-order valence-corrected chi connectivity index (χ4v) is 6.72. The number of hydrogen-bond donors (Lipinski definition) is 5. The van der Waals surface area contributed by atoms with E-state index < -0.39 is 58.0 Å². The van der Waals surface area contributed by atoms with E-state index in [0.717, 1.165) is 16.7 Å². The highest BCUT2D eigenvalue weighted by molar-refractivity contribution is 6.24. The first-order chi connectivity index (χ1) is 18.8. The molecule has 40 heavy (non-hydrogen) atoms. The van der Waals surface area contributed by atoms with Gasteiger partial charge in [0.05, 0.1) is 11.6 Å². The highest BCUT2D eigenvalue weighted by atomic mass is 16.3. The van der Waals surface area contributed by atoms with Gasteiger partial charge in [-0.1, -0.05) is 24.3 Å². The molecule has 3 aliphatic rings. The summed E-state index contributed by atoms with van der Waals surface area (Å²) in [4.78, 5) is 42.9. The van der Waals surface area contributed by atoms with Crippen LogP contribution in [0.3, 0.4) is 0 Å². The van der Waals surface area contributed by atoms with Crippen LogP contribution >= 0.6 is 0 Å². The third kappa shape index (κ3) is 3.94. The second-order valence-corrected chi connectivity index (χ2v) is 11.4. The Bertz CT molecular complexity index is 1520. The summed E-state index contributed by atoms with van der Waals surface area (Å²) in [5.41, 5.74) is 5.15. The van der Waals surface area contributed by atoms with E-state index in [-0.39, 0.29) is 29.7 Å². The maximum atomic E-state index is 14.0. The van der Waals surface area contributed by atoms with Crippen LogP contribution in [0.25, 0.3) is 16.9 Å². The summed E-state index contributed by atoms with van der Waals surface area (Å²) in [7, 11) is 7.09. The number of amides is 1. The zero-order chi connectivity index (χ0) is 29.3. The molecule has 6 N–H and O–H groups in total. The Morgan fingerprint density at radius 1 is 1.07 bits per heavy atom. The maximum absolute atomic E-state index is 14.0. The molecule has 0 spiro atoms. The predicted molar refractivity (Wildman–Crippen MR) is 147 cm³/mol. The van der Waals surface area contributed by atoms with E-state index >= 15 is 0 Å². The number of aliphatic hydroxyl groups is 3. The Morgan fingerprint density at radius 2 is 1.77 bits per heavy atom. The molecule has 0 saturated heterocycles. The van der Waals surface area contributed by atoms with Gasteiger partial charge < -0.3 is 31.1 Å². The minimum atomic E-state index is -2.65. The molecule has 0 aliphatic heterocycles. The van der Waals surface area contributed by atoms with Crippen molar-refractivity contribution in [3.63, 3.8) is 0 Å². The molecule has 4 atom stereocenters. The van der Waals surface area contributed by atoms with Crippen molar-refractivity contribution in [2.45, 2.75) is 31.0 Å². The van der Waals surface area contributed by atoms with Crippen molar-refractivity contribution >= 4 is 23.2 Å². The molecule has 2 aromatic carbocycles. The first kappa shape index (κ1) is 27.6. The van der Waals surface area contributed by atoms with Crippen LogP contribution in [-0.2, 0) is 27.3 Å². The van der Waals surface area contributed by atoms with Crippen molar-refractivity contribution in [2.24, 2.45) is 17.6 Å². The molecule has 3 aliphatic carbocycles. The van der Waals surface area contributed by atoms with E-state index in [1.807, 2.05) is 43.3 Å². The van der Waals surface area contributed by atoms with Crippen LogP contribution in [0, 0.1) is 11.8 Å². The molecule has 2 aromatic rings. The number of ketones is 2. The van der Waals surface area contributed by atoms with Gasteiger partial charge in [0.25, 0.3) is 5.91 Å². The lowest BCUT2D eigenvalue weighted by Gasteiger charge is -2.50. The lowest BCUT2D eigenvalue weighted by molar-refractivity contribution is -0.153. The van der Waals surface area contributed by atoms with Gasteiger partial charge >= 0.3 is 0 Å². The Morgan fingerprint density at radius 3 is 2.40 bits per heavy atom. The van der Waals surface area contributed by atoms with Crippen molar-refractivity contribution in [1.82, 2.24) is 9.80 Å². The molecule has 10 nitrogen and oxygen atoms in total. The zero-order valence-corrected chi connectivity index (χ0v) is 22.8. The third-order valence-electron chi connectivity index (χ3n) is 8.34. The number of Topliss-reactive ketones (excluding diaryl/α,β-unsaturated/α-hetero) is 2. The molecule has 0 heterocycles. The normalized spacial score (nSPS) is 26.2.